The Morgan fingerprint density at radius 2 is 1.94 bits per heavy atom. The maximum Gasteiger partial charge on any atom is 0.401 e. The van der Waals surface area contributed by atoms with E-state index in [2.05, 4.69) is 5.32 Å². The number of halogens is 3. The lowest BCUT2D eigenvalue weighted by atomic mass is 10.2. The molecule has 0 aromatic carbocycles. The standard InChI is InChI=1S/C11H20F3N3/c1-4-5-17(8-11(12,13)14)7-10(6-15)16-9(2)3/h9-10,16H,4-5,7-8H2,1-3H3. The molecule has 1 atom stereocenters. The van der Waals surface area contributed by atoms with Crippen LogP contribution < -0.4 is 5.32 Å². The van der Waals surface area contributed by atoms with Crippen molar-refractivity contribution in [2.45, 2.75) is 45.5 Å². The van der Waals surface area contributed by atoms with Crippen molar-refractivity contribution < 1.29 is 13.2 Å². The molecule has 0 amide bonds. The van der Waals surface area contributed by atoms with E-state index in [0.717, 1.165) is 0 Å². The second-order valence-corrected chi connectivity index (χ2v) is 4.35. The Morgan fingerprint density at radius 1 is 1.35 bits per heavy atom. The quantitative estimate of drug-likeness (QED) is 0.753. The van der Waals surface area contributed by atoms with Crippen molar-refractivity contribution in [3.05, 3.63) is 0 Å². The molecule has 1 N–H and O–H groups in total. The molecular weight excluding hydrogens is 231 g/mol. The topological polar surface area (TPSA) is 39.1 Å². The average molecular weight is 251 g/mol. The second-order valence-electron chi connectivity index (χ2n) is 4.35. The van der Waals surface area contributed by atoms with Gasteiger partial charge in [-0.2, -0.15) is 18.4 Å². The SMILES string of the molecule is CCCN(CC(C#N)NC(C)C)CC(F)(F)F. The third-order valence-electron chi connectivity index (χ3n) is 2.07. The molecule has 0 rings (SSSR count). The minimum Gasteiger partial charge on any atom is -0.299 e. The van der Waals surface area contributed by atoms with Crippen LogP contribution in [0.4, 0.5) is 13.2 Å². The van der Waals surface area contributed by atoms with Crippen LogP contribution in [0.3, 0.4) is 0 Å². The first-order chi connectivity index (χ1) is 7.78. The van der Waals surface area contributed by atoms with Crippen LogP contribution in [0.2, 0.25) is 0 Å². The second kappa shape index (κ2) is 7.51. The molecule has 0 aromatic rings. The molecule has 0 fully saturated rings. The lowest BCUT2D eigenvalue weighted by Crippen LogP contribution is -2.46. The summed E-state index contributed by atoms with van der Waals surface area (Å²) in [6.45, 7) is 5.02. The Morgan fingerprint density at radius 3 is 2.29 bits per heavy atom. The van der Waals surface area contributed by atoms with E-state index in [1.54, 1.807) is 0 Å². The predicted octanol–water partition coefficient (Wildman–Crippen LogP) is 2.15. The fraction of sp³-hybridized carbons (Fsp3) is 0.909. The average Bonchev–Trinajstić information content (AvgIpc) is 2.13. The van der Waals surface area contributed by atoms with Gasteiger partial charge >= 0.3 is 6.18 Å². The lowest BCUT2D eigenvalue weighted by molar-refractivity contribution is -0.146. The Kier molecular flexibility index (Phi) is 7.16. The van der Waals surface area contributed by atoms with Crippen molar-refractivity contribution in [3.63, 3.8) is 0 Å². The number of rotatable bonds is 7. The summed E-state index contributed by atoms with van der Waals surface area (Å²) in [5.74, 6) is 0. The van der Waals surface area contributed by atoms with Gasteiger partial charge < -0.3 is 0 Å². The third kappa shape index (κ3) is 8.95. The van der Waals surface area contributed by atoms with E-state index < -0.39 is 18.8 Å². The first-order valence-corrected chi connectivity index (χ1v) is 5.73. The van der Waals surface area contributed by atoms with Crippen LogP contribution in [0.1, 0.15) is 27.2 Å². The van der Waals surface area contributed by atoms with Gasteiger partial charge in [0.2, 0.25) is 0 Å². The number of nitriles is 1. The third-order valence-corrected chi connectivity index (χ3v) is 2.07. The van der Waals surface area contributed by atoms with E-state index in [1.807, 2.05) is 26.8 Å². The molecule has 0 radical (unpaired) electrons. The summed E-state index contributed by atoms with van der Waals surface area (Å²) in [4.78, 5) is 1.27. The zero-order valence-corrected chi connectivity index (χ0v) is 10.5. The Hall–Kier alpha value is -0.800. The summed E-state index contributed by atoms with van der Waals surface area (Å²) < 4.78 is 36.9. The lowest BCUT2D eigenvalue weighted by Gasteiger charge is -2.26. The molecule has 0 aliphatic carbocycles. The summed E-state index contributed by atoms with van der Waals surface area (Å²) >= 11 is 0. The summed E-state index contributed by atoms with van der Waals surface area (Å²) in [6, 6.07) is 1.50. The van der Waals surface area contributed by atoms with Gasteiger partial charge in [-0.3, -0.25) is 10.2 Å². The number of nitrogens with zero attached hydrogens (tertiary/aromatic N) is 2. The molecule has 0 aromatic heterocycles. The molecule has 17 heavy (non-hydrogen) atoms. The fourth-order valence-corrected chi connectivity index (χ4v) is 1.60. The van der Waals surface area contributed by atoms with Crippen molar-refractivity contribution >= 4 is 0 Å². The van der Waals surface area contributed by atoms with Gasteiger partial charge in [-0.15, -0.1) is 0 Å². The minimum absolute atomic E-state index is 0.0778. The van der Waals surface area contributed by atoms with Crippen molar-refractivity contribution in [3.8, 4) is 6.07 Å². The number of alkyl halides is 3. The van der Waals surface area contributed by atoms with Crippen LogP contribution in [0.5, 0.6) is 0 Å². The molecule has 0 spiro atoms. The van der Waals surface area contributed by atoms with Crippen LogP contribution in [0, 0.1) is 11.3 Å². The van der Waals surface area contributed by atoms with E-state index in [0.29, 0.717) is 13.0 Å². The summed E-state index contributed by atoms with van der Waals surface area (Å²) in [5, 5.41) is 11.8. The molecule has 3 nitrogen and oxygen atoms in total. The Bertz CT molecular complexity index is 245. The molecule has 100 valence electrons. The Balaban J connectivity index is 4.36. The van der Waals surface area contributed by atoms with E-state index >= 15 is 0 Å². The van der Waals surface area contributed by atoms with Crippen LogP contribution in [-0.4, -0.2) is 42.8 Å². The van der Waals surface area contributed by atoms with Gasteiger partial charge in [0.15, 0.2) is 0 Å². The molecule has 0 bridgehead atoms. The van der Waals surface area contributed by atoms with Crippen LogP contribution in [-0.2, 0) is 0 Å². The van der Waals surface area contributed by atoms with Crippen molar-refractivity contribution in [2.75, 3.05) is 19.6 Å². The molecule has 6 heteroatoms. The molecule has 0 saturated heterocycles. The molecule has 0 saturated carbocycles. The highest BCUT2D eigenvalue weighted by atomic mass is 19.4. The van der Waals surface area contributed by atoms with E-state index in [9.17, 15) is 13.2 Å². The summed E-state index contributed by atoms with van der Waals surface area (Å²) in [6.07, 6.45) is -3.58. The van der Waals surface area contributed by atoms with Gasteiger partial charge in [0.05, 0.1) is 12.6 Å². The van der Waals surface area contributed by atoms with Crippen molar-refractivity contribution in [2.24, 2.45) is 0 Å². The fourth-order valence-electron chi connectivity index (χ4n) is 1.60. The normalized spacial score (nSPS) is 14.1. The maximum atomic E-state index is 12.3. The smallest absolute Gasteiger partial charge is 0.299 e. The van der Waals surface area contributed by atoms with Crippen LogP contribution >= 0.6 is 0 Å². The maximum absolute atomic E-state index is 12.3. The largest absolute Gasteiger partial charge is 0.401 e. The zero-order chi connectivity index (χ0) is 13.5. The first kappa shape index (κ1) is 16.2. The minimum atomic E-state index is -4.22. The molecular formula is C11H20F3N3. The highest BCUT2D eigenvalue weighted by Gasteiger charge is 2.31. The van der Waals surface area contributed by atoms with Crippen molar-refractivity contribution in [1.29, 1.82) is 5.26 Å². The van der Waals surface area contributed by atoms with Gasteiger partial charge in [0.1, 0.15) is 6.04 Å². The van der Waals surface area contributed by atoms with E-state index in [-0.39, 0.29) is 12.6 Å². The number of hydrogen-bond donors (Lipinski definition) is 1. The van der Waals surface area contributed by atoms with Gasteiger partial charge in [0, 0.05) is 12.6 Å². The van der Waals surface area contributed by atoms with E-state index in [1.165, 1.54) is 4.90 Å². The van der Waals surface area contributed by atoms with Gasteiger partial charge in [-0.1, -0.05) is 6.92 Å². The highest BCUT2D eigenvalue weighted by Crippen LogP contribution is 2.16. The van der Waals surface area contributed by atoms with Crippen molar-refractivity contribution in [1.82, 2.24) is 10.2 Å². The predicted molar refractivity (Wildman–Crippen MR) is 60.5 cm³/mol. The molecule has 0 heterocycles. The summed E-state index contributed by atoms with van der Waals surface area (Å²) in [7, 11) is 0. The zero-order valence-electron chi connectivity index (χ0n) is 10.5. The van der Waals surface area contributed by atoms with Crippen LogP contribution in [0.15, 0.2) is 0 Å². The summed E-state index contributed by atoms with van der Waals surface area (Å²) in [5.41, 5.74) is 0. The van der Waals surface area contributed by atoms with Gasteiger partial charge in [-0.25, -0.2) is 0 Å². The van der Waals surface area contributed by atoms with Gasteiger partial charge in [-0.05, 0) is 26.8 Å². The first-order valence-electron chi connectivity index (χ1n) is 5.73. The molecule has 0 aliphatic heterocycles. The van der Waals surface area contributed by atoms with Crippen LogP contribution in [0.25, 0.3) is 0 Å². The monoisotopic (exact) mass is 251 g/mol. The molecule has 0 aliphatic rings. The number of nitrogens with one attached hydrogen (secondary N) is 1. The Labute approximate surface area is 101 Å². The molecule has 1 unspecified atom stereocenters. The van der Waals surface area contributed by atoms with E-state index in [4.69, 9.17) is 5.26 Å². The highest BCUT2D eigenvalue weighted by molar-refractivity contribution is 4.93. The van der Waals surface area contributed by atoms with Gasteiger partial charge in [0.25, 0.3) is 0 Å². The number of hydrogen-bond acceptors (Lipinski definition) is 3.